The van der Waals surface area contributed by atoms with E-state index in [-0.39, 0.29) is 43.8 Å². The average Bonchev–Trinajstić information content (AvgIpc) is 3.48. The van der Waals surface area contributed by atoms with Crippen LogP contribution in [0.2, 0.25) is 0 Å². The van der Waals surface area contributed by atoms with E-state index in [9.17, 15) is 19.5 Å². The third kappa shape index (κ3) is 6.19. The van der Waals surface area contributed by atoms with Gasteiger partial charge in [-0.05, 0) is 56.0 Å². The zero-order valence-electron chi connectivity index (χ0n) is 27.4. The van der Waals surface area contributed by atoms with Gasteiger partial charge < -0.3 is 24.5 Å². The lowest BCUT2D eigenvalue weighted by atomic mass is 9.71. The number of hydrogen-bond acceptors (Lipinski definition) is 5. The maximum atomic E-state index is 16.2. The van der Waals surface area contributed by atoms with E-state index in [0.717, 1.165) is 29.7 Å². The van der Waals surface area contributed by atoms with Crippen LogP contribution in [0, 0.1) is 11.8 Å². The van der Waals surface area contributed by atoms with Crippen LogP contribution in [0.25, 0.3) is 0 Å². The molecule has 0 aromatic heterocycles. The number of benzene rings is 3. The SMILES string of the molecule is C[C@H]1[C@H](C(C)(C)F)[C@@H](CC(=O)N(CCO)Cc2ccccc2)O[C@]12C(=O)N(Cc1cccc(N3CCCCC3=O)c1)c1ccccc12. The predicted octanol–water partition coefficient (Wildman–Crippen LogP) is 5.76. The lowest BCUT2D eigenvalue weighted by Crippen LogP contribution is -2.45. The van der Waals surface area contributed by atoms with E-state index in [4.69, 9.17) is 4.74 Å². The first-order chi connectivity index (χ1) is 22.5. The molecule has 0 radical (unpaired) electrons. The molecule has 47 heavy (non-hydrogen) atoms. The molecule has 9 heteroatoms. The van der Waals surface area contributed by atoms with Gasteiger partial charge in [-0.15, -0.1) is 0 Å². The zero-order valence-corrected chi connectivity index (χ0v) is 27.4. The highest BCUT2D eigenvalue weighted by Crippen LogP contribution is 2.58. The maximum Gasteiger partial charge on any atom is 0.264 e. The number of fused-ring (bicyclic) bond motifs is 2. The molecule has 248 valence electrons. The van der Waals surface area contributed by atoms with Crippen molar-refractivity contribution in [1.82, 2.24) is 4.90 Å². The first kappa shape index (κ1) is 32.8. The summed E-state index contributed by atoms with van der Waals surface area (Å²) >= 11 is 0. The number of rotatable bonds is 10. The predicted molar refractivity (Wildman–Crippen MR) is 178 cm³/mol. The Labute approximate surface area is 276 Å². The Kier molecular flexibility index (Phi) is 9.23. The number of para-hydroxylation sites is 1. The number of aliphatic hydroxyl groups is 1. The molecule has 0 aliphatic carbocycles. The smallest absolute Gasteiger partial charge is 0.264 e. The summed E-state index contributed by atoms with van der Waals surface area (Å²) in [5.41, 5.74) is 0.718. The van der Waals surface area contributed by atoms with E-state index in [1.54, 1.807) is 9.80 Å². The van der Waals surface area contributed by atoms with Gasteiger partial charge in [-0.3, -0.25) is 14.4 Å². The van der Waals surface area contributed by atoms with E-state index >= 15 is 4.39 Å². The van der Waals surface area contributed by atoms with Crippen molar-refractivity contribution in [2.24, 2.45) is 11.8 Å². The Hall–Kier alpha value is -4.08. The van der Waals surface area contributed by atoms with Crippen LogP contribution in [0.4, 0.5) is 15.8 Å². The second-order valence-electron chi connectivity index (χ2n) is 13.6. The van der Waals surface area contributed by atoms with Crippen LogP contribution < -0.4 is 9.80 Å². The monoisotopic (exact) mass is 641 g/mol. The number of alkyl halides is 1. The van der Waals surface area contributed by atoms with Crippen LogP contribution in [-0.2, 0) is 37.8 Å². The number of ether oxygens (including phenoxy) is 1. The summed E-state index contributed by atoms with van der Waals surface area (Å²) in [7, 11) is 0. The van der Waals surface area contributed by atoms with Crippen molar-refractivity contribution in [3.63, 3.8) is 0 Å². The highest BCUT2D eigenvalue weighted by Gasteiger charge is 2.66. The molecule has 3 aliphatic heterocycles. The minimum absolute atomic E-state index is 0.102. The molecule has 8 nitrogen and oxygen atoms in total. The first-order valence-corrected chi connectivity index (χ1v) is 16.6. The average molecular weight is 642 g/mol. The third-order valence-corrected chi connectivity index (χ3v) is 10.1. The fourth-order valence-electron chi connectivity index (χ4n) is 7.96. The molecular formula is C38H44FN3O5. The summed E-state index contributed by atoms with van der Waals surface area (Å²) in [6, 6.07) is 24.7. The molecule has 3 heterocycles. The summed E-state index contributed by atoms with van der Waals surface area (Å²) in [5, 5.41) is 9.76. The fraction of sp³-hybridized carbons (Fsp3) is 0.447. The molecule has 3 aromatic rings. The molecule has 1 N–H and O–H groups in total. The molecular weight excluding hydrogens is 597 g/mol. The maximum absolute atomic E-state index is 16.2. The second-order valence-corrected chi connectivity index (χ2v) is 13.6. The van der Waals surface area contributed by atoms with Crippen molar-refractivity contribution in [2.75, 3.05) is 29.5 Å². The fourth-order valence-corrected chi connectivity index (χ4v) is 7.96. The number of amides is 3. The Morgan fingerprint density at radius 3 is 2.47 bits per heavy atom. The number of halogens is 1. The van der Waals surface area contributed by atoms with Crippen LogP contribution >= 0.6 is 0 Å². The largest absolute Gasteiger partial charge is 0.395 e. The standard InChI is InChI=1S/C38H44FN3O5/c1-26-35(37(2,3)39)32(23-34(45)40(20-21-43)24-27-12-5-4-6-13-27)47-38(26)30-16-7-8-17-31(30)42(36(38)46)25-28-14-11-15-29(22-28)41-19-10-9-18-33(41)44/h4-8,11-17,22,26,32,35,43H,9-10,18-21,23-25H2,1-3H3/t26-,32+,35-,38+/m0/s1. The van der Waals surface area contributed by atoms with Gasteiger partial charge in [0.15, 0.2) is 5.60 Å². The lowest BCUT2D eigenvalue weighted by Gasteiger charge is -2.32. The summed E-state index contributed by atoms with van der Waals surface area (Å²) in [5.74, 6) is -1.80. The van der Waals surface area contributed by atoms with Gasteiger partial charge in [-0.2, -0.15) is 0 Å². The quantitative estimate of drug-likeness (QED) is 0.304. The summed E-state index contributed by atoms with van der Waals surface area (Å²) in [4.78, 5) is 46.2. The number of carbonyl (C=O) groups excluding carboxylic acids is 3. The highest BCUT2D eigenvalue weighted by atomic mass is 19.1. The molecule has 6 rings (SSSR count). The van der Waals surface area contributed by atoms with E-state index < -0.39 is 29.2 Å². The van der Waals surface area contributed by atoms with E-state index in [2.05, 4.69) is 0 Å². The van der Waals surface area contributed by atoms with Crippen molar-refractivity contribution in [3.05, 3.63) is 95.6 Å². The molecule has 0 saturated carbocycles. The van der Waals surface area contributed by atoms with Crippen molar-refractivity contribution >= 4 is 29.1 Å². The second kappa shape index (κ2) is 13.2. The molecule has 2 saturated heterocycles. The van der Waals surface area contributed by atoms with Gasteiger partial charge in [-0.25, -0.2) is 4.39 Å². The number of hydrogen-bond donors (Lipinski definition) is 1. The molecule has 2 fully saturated rings. The minimum atomic E-state index is -1.76. The van der Waals surface area contributed by atoms with Gasteiger partial charge >= 0.3 is 0 Å². The first-order valence-electron chi connectivity index (χ1n) is 16.6. The van der Waals surface area contributed by atoms with E-state index in [1.165, 1.54) is 13.8 Å². The lowest BCUT2D eigenvalue weighted by molar-refractivity contribution is -0.150. The van der Waals surface area contributed by atoms with Crippen LogP contribution in [0.1, 0.15) is 63.1 Å². The molecule has 4 atom stereocenters. The highest BCUT2D eigenvalue weighted by molar-refractivity contribution is 6.07. The van der Waals surface area contributed by atoms with Crippen LogP contribution in [-0.4, -0.2) is 59.2 Å². The van der Waals surface area contributed by atoms with Gasteiger partial charge in [-0.1, -0.05) is 67.6 Å². The van der Waals surface area contributed by atoms with Crippen LogP contribution in [0.15, 0.2) is 78.9 Å². The van der Waals surface area contributed by atoms with Gasteiger partial charge in [0.05, 0.1) is 31.4 Å². The number of carbonyl (C=O) groups is 3. The van der Waals surface area contributed by atoms with Gasteiger partial charge in [0.25, 0.3) is 5.91 Å². The van der Waals surface area contributed by atoms with Gasteiger partial charge in [0, 0.05) is 49.1 Å². The summed E-state index contributed by atoms with van der Waals surface area (Å²) in [6.07, 6.45) is 1.37. The van der Waals surface area contributed by atoms with Gasteiger partial charge in [0.2, 0.25) is 11.8 Å². The normalized spacial score (nSPS) is 24.2. The molecule has 3 aromatic carbocycles. The third-order valence-electron chi connectivity index (χ3n) is 10.1. The molecule has 3 aliphatic rings. The Balaban J connectivity index is 1.30. The van der Waals surface area contributed by atoms with Crippen LogP contribution in [0.3, 0.4) is 0 Å². The molecule has 3 amide bonds. The van der Waals surface area contributed by atoms with Gasteiger partial charge in [0.1, 0.15) is 5.67 Å². The zero-order chi connectivity index (χ0) is 33.3. The van der Waals surface area contributed by atoms with Crippen LogP contribution in [0.5, 0.6) is 0 Å². The Morgan fingerprint density at radius 1 is 1.02 bits per heavy atom. The topological polar surface area (TPSA) is 90.4 Å². The van der Waals surface area contributed by atoms with Crippen molar-refractivity contribution in [2.45, 2.75) is 76.9 Å². The number of anilines is 2. The number of nitrogens with zero attached hydrogens (tertiary/aromatic N) is 3. The molecule has 1 spiro atoms. The van der Waals surface area contributed by atoms with E-state index in [1.807, 2.05) is 90.7 Å². The summed E-state index contributed by atoms with van der Waals surface area (Å²) in [6.45, 7) is 5.96. The van der Waals surface area contributed by atoms with Crippen molar-refractivity contribution < 1.29 is 28.6 Å². The van der Waals surface area contributed by atoms with Crippen molar-refractivity contribution in [1.29, 1.82) is 0 Å². The molecule has 0 unspecified atom stereocenters. The summed E-state index contributed by atoms with van der Waals surface area (Å²) < 4.78 is 22.9. The Bertz CT molecular complexity index is 1620. The number of piperidine rings is 1. The Morgan fingerprint density at radius 2 is 1.74 bits per heavy atom. The molecule has 0 bridgehead atoms. The van der Waals surface area contributed by atoms with E-state index in [0.29, 0.717) is 30.8 Å². The minimum Gasteiger partial charge on any atom is -0.395 e. The van der Waals surface area contributed by atoms with Crippen molar-refractivity contribution in [3.8, 4) is 0 Å². The number of aliphatic hydroxyl groups excluding tert-OH is 1.